The summed E-state index contributed by atoms with van der Waals surface area (Å²) >= 11 is 0. The van der Waals surface area contributed by atoms with E-state index in [1.165, 1.54) is 0 Å². The number of nitrogens with two attached hydrogens (primary N) is 1. The van der Waals surface area contributed by atoms with Crippen molar-refractivity contribution in [3.05, 3.63) is 42.1 Å². The number of nitrogens with one attached hydrogen (secondary N) is 1. The van der Waals surface area contributed by atoms with Crippen molar-refractivity contribution in [2.45, 2.75) is 13.0 Å². The Labute approximate surface area is 82.9 Å². The van der Waals surface area contributed by atoms with E-state index in [0.717, 1.165) is 16.5 Å². The highest BCUT2D eigenvalue weighted by molar-refractivity contribution is 5.81. The van der Waals surface area contributed by atoms with Gasteiger partial charge in [0, 0.05) is 17.6 Å². The number of para-hydroxylation sites is 1. The molecule has 1 aromatic heterocycles. The van der Waals surface area contributed by atoms with Crippen molar-refractivity contribution in [1.29, 1.82) is 0 Å². The van der Waals surface area contributed by atoms with Crippen molar-refractivity contribution in [1.82, 2.24) is 10.4 Å². The summed E-state index contributed by atoms with van der Waals surface area (Å²) in [6, 6.07) is 10.2. The predicted molar refractivity (Wildman–Crippen MR) is 57.5 cm³/mol. The van der Waals surface area contributed by atoms with E-state index < -0.39 is 0 Å². The largest absolute Gasteiger partial charge is 0.271 e. The molecule has 2 aromatic rings. The van der Waals surface area contributed by atoms with Crippen LogP contribution in [-0.4, -0.2) is 4.98 Å². The number of benzene rings is 1. The number of aromatic nitrogens is 1. The third-order valence-corrected chi connectivity index (χ3v) is 2.38. The molecule has 0 spiro atoms. The zero-order chi connectivity index (χ0) is 9.97. The Kier molecular flexibility index (Phi) is 2.43. The number of hydrogen-bond acceptors (Lipinski definition) is 3. The summed E-state index contributed by atoms with van der Waals surface area (Å²) in [4.78, 5) is 4.35. The van der Waals surface area contributed by atoms with Crippen LogP contribution >= 0.6 is 0 Å². The van der Waals surface area contributed by atoms with E-state index in [9.17, 15) is 0 Å². The molecule has 14 heavy (non-hydrogen) atoms. The average molecular weight is 187 g/mol. The van der Waals surface area contributed by atoms with Crippen LogP contribution < -0.4 is 11.3 Å². The topological polar surface area (TPSA) is 50.9 Å². The van der Waals surface area contributed by atoms with Gasteiger partial charge in [-0.15, -0.1) is 0 Å². The van der Waals surface area contributed by atoms with Gasteiger partial charge in [0.25, 0.3) is 0 Å². The van der Waals surface area contributed by atoms with Crippen molar-refractivity contribution in [3.63, 3.8) is 0 Å². The highest BCUT2D eigenvalue weighted by atomic mass is 15.2. The van der Waals surface area contributed by atoms with Gasteiger partial charge >= 0.3 is 0 Å². The Balaban J connectivity index is 2.65. The maximum absolute atomic E-state index is 5.42. The van der Waals surface area contributed by atoms with E-state index in [0.29, 0.717) is 0 Å². The molecule has 1 unspecified atom stereocenters. The molecule has 3 nitrogen and oxygen atoms in total. The second kappa shape index (κ2) is 3.74. The van der Waals surface area contributed by atoms with Crippen LogP contribution in [0.15, 0.2) is 36.5 Å². The summed E-state index contributed by atoms with van der Waals surface area (Å²) in [5, 5.41) is 1.15. The van der Waals surface area contributed by atoms with E-state index in [2.05, 4.69) is 22.5 Å². The van der Waals surface area contributed by atoms with Gasteiger partial charge in [0.1, 0.15) is 0 Å². The first-order valence-electron chi connectivity index (χ1n) is 4.62. The van der Waals surface area contributed by atoms with Crippen LogP contribution in [0.4, 0.5) is 0 Å². The number of hydrogen-bond donors (Lipinski definition) is 2. The minimum absolute atomic E-state index is 0.119. The van der Waals surface area contributed by atoms with Gasteiger partial charge in [-0.3, -0.25) is 16.3 Å². The third-order valence-electron chi connectivity index (χ3n) is 2.38. The minimum atomic E-state index is 0.119. The summed E-state index contributed by atoms with van der Waals surface area (Å²) in [6.45, 7) is 2.02. The van der Waals surface area contributed by atoms with Crippen LogP contribution in [0.2, 0.25) is 0 Å². The van der Waals surface area contributed by atoms with Gasteiger partial charge in [-0.05, 0) is 18.6 Å². The summed E-state index contributed by atoms with van der Waals surface area (Å²) < 4.78 is 0. The lowest BCUT2D eigenvalue weighted by molar-refractivity contribution is 0.605. The first-order valence-corrected chi connectivity index (χ1v) is 4.62. The number of pyridine rings is 1. The fraction of sp³-hybridized carbons (Fsp3) is 0.182. The Bertz CT molecular complexity index is 434. The molecule has 72 valence electrons. The number of rotatable bonds is 2. The molecule has 0 saturated heterocycles. The molecule has 3 N–H and O–H groups in total. The molecule has 2 rings (SSSR count). The Morgan fingerprint density at radius 3 is 2.86 bits per heavy atom. The van der Waals surface area contributed by atoms with E-state index in [4.69, 9.17) is 5.84 Å². The van der Waals surface area contributed by atoms with Crippen LogP contribution in [0, 0.1) is 0 Å². The maximum Gasteiger partial charge on any atom is 0.0750 e. The molecule has 0 aliphatic carbocycles. The maximum atomic E-state index is 5.42. The van der Waals surface area contributed by atoms with E-state index in [-0.39, 0.29) is 6.04 Å². The number of nitrogens with zero attached hydrogens (tertiary/aromatic N) is 1. The fourth-order valence-electron chi connectivity index (χ4n) is 1.57. The third kappa shape index (κ3) is 1.47. The second-order valence-corrected chi connectivity index (χ2v) is 3.31. The van der Waals surface area contributed by atoms with E-state index >= 15 is 0 Å². The quantitative estimate of drug-likeness (QED) is 0.556. The molecule has 0 radical (unpaired) electrons. The van der Waals surface area contributed by atoms with Crippen molar-refractivity contribution in [3.8, 4) is 0 Å². The van der Waals surface area contributed by atoms with Gasteiger partial charge in [-0.1, -0.05) is 24.3 Å². The smallest absolute Gasteiger partial charge is 0.0750 e. The van der Waals surface area contributed by atoms with Crippen LogP contribution in [0.25, 0.3) is 10.9 Å². The van der Waals surface area contributed by atoms with Gasteiger partial charge in [0.2, 0.25) is 0 Å². The SMILES string of the molecule is CC(NN)c1cccc2cccnc12. The van der Waals surface area contributed by atoms with Crippen LogP contribution in [0.5, 0.6) is 0 Å². The average Bonchev–Trinajstić information content (AvgIpc) is 2.27. The lowest BCUT2D eigenvalue weighted by atomic mass is 10.0. The van der Waals surface area contributed by atoms with Gasteiger partial charge in [0.05, 0.1) is 5.52 Å². The molecular weight excluding hydrogens is 174 g/mol. The molecule has 1 heterocycles. The zero-order valence-electron chi connectivity index (χ0n) is 8.07. The molecule has 0 fully saturated rings. The second-order valence-electron chi connectivity index (χ2n) is 3.31. The van der Waals surface area contributed by atoms with Crippen molar-refractivity contribution >= 4 is 10.9 Å². The molecule has 1 atom stereocenters. The van der Waals surface area contributed by atoms with Gasteiger partial charge in [0.15, 0.2) is 0 Å². The predicted octanol–water partition coefficient (Wildman–Crippen LogP) is 1.76. The van der Waals surface area contributed by atoms with Crippen LogP contribution in [-0.2, 0) is 0 Å². The number of hydrazine groups is 1. The fourth-order valence-corrected chi connectivity index (χ4v) is 1.57. The first-order chi connectivity index (χ1) is 6.83. The molecule has 1 aromatic carbocycles. The Morgan fingerprint density at radius 2 is 2.07 bits per heavy atom. The summed E-state index contributed by atoms with van der Waals surface area (Å²) in [5.41, 5.74) is 4.88. The molecular formula is C11H13N3. The summed E-state index contributed by atoms with van der Waals surface area (Å²) in [5.74, 6) is 5.42. The molecule has 0 saturated carbocycles. The lowest BCUT2D eigenvalue weighted by Crippen LogP contribution is -2.25. The normalized spacial score (nSPS) is 13.0. The number of fused-ring (bicyclic) bond motifs is 1. The zero-order valence-corrected chi connectivity index (χ0v) is 8.07. The minimum Gasteiger partial charge on any atom is -0.271 e. The Morgan fingerprint density at radius 1 is 1.29 bits per heavy atom. The van der Waals surface area contributed by atoms with Gasteiger partial charge < -0.3 is 0 Å². The van der Waals surface area contributed by atoms with Gasteiger partial charge in [-0.2, -0.15) is 0 Å². The van der Waals surface area contributed by atoms with Crippen LogP contribution in [0.1, 0.15) is 18.5 Å². The van der Waals surface area contributed by atoms with Crippen LogP contribution in [0.3, 0.4) is 0 Å². The Hall–Kier alpha value is -1.45. The summed E-state index contributed by atoms with van der Waals surface area (Å²) in [7, 11) is 0. The molecule has 0 aliphatic rings. The van der Waals surface area contributed by atoms with Gasteiger partial charge in [-0.25, -0.2) is 0 Å². The molecule has 0 aliphatic heterocycles. The lowest BCUT2D eigenvalue weighted by Gasteiger charge is -2.12. The van der Waals surface area contributed by atoms with E-state index in [1.54, 1.807) is 6.20 Å². The molecule has 0 bridgehead atoms. The van der Waals surface area contributed by atoms with Crippen molar-refractivity contribution in [2.24, 2.45) is 5.84 Å². The van der Waals surface area contributed by atoms with Crippen molar-refractivity contribution in [2.75, 3.05) is 0 Å². The molecule has 3 heteroatoms. The van der Waals surface area contributed by atoms with Crippen molar-refractivity contribution < 1.29 is 0 Å². The van der Waals surface area contributed by atoms with E-state index in [1.807, 2.05) is 25.1 Å². The highest BCUT2D eigenvalue weighted by Crippen LogP contribution is 2.21. The summed E-state index contributed by atoms with van der Waals surface area (Å²) in [6.07, 6.45) is 1.80. The highest BCUT2D eigenvalue weighted by Gasteiger charge is 2.07. The monoisotopic (exact) mass is 187 g/mol. The molecule has 0 amide bonds. The standard InChI is InChI=1S/C11H13N3/c1-8(14-12)10-6-2-4-9-5-3-7-13-11(9)10/h2-8,14H,12H2,1H3. The first kappa shape index (κ1) is 9.12.